The van der Waals surface area contributed by atoms with Crippen molar-refractivity contribution in [1.29, 1.82) is 0 Å². The molecule has 0 amide bonds. The van der Waals surface area contributed by atoms with Crippen LogP contribution in [0.5, 0.6) is 5.75 Å². The number of carboxylic acids is 1. The molecule has 0 saturated carbocycles. The normalized spacial score (nSPS) is 14.1. The molecular formula is C9H8BrFO3. The van der Waals surface area contributed by atoms with Crippen molar-refractivity contribution >= 4 is 21.9 Å². The summed E-state index contributed by atoms with van der Waals surface area (Å²) in [5.74, 6) is -1.44. The fourth-order valence-electron chi connectivity index (χ4n) is 0.733. The highest BCUT2D eigenvalue weighted by Gasteiger charge is 2.18. The number of hydrogen-bond acceptors (Lipinski definition) is 2. The standard InChI is InChI=1S/C9H8BrFO3/c10-6-1-3-7(4-2-6)14-8(5-11)9(12)13/h1-4,8H,5H2,(H,12,13)/t8-/m0/s1/i1D,2D. The third-order valence-electron chi connectivity index (χ3n) is 1.38. The van der Waals surface area contributed by atoms with Gasteiger partial charge < -0.3 is 9.84 Å². The molecule has 3 nitrogen and oxygen atoms in total. The quantitative estimate of drug-likeness (QED) is 0.908. The lowest BCUT2D eigenvalue weighted by atomic mass is 10.3. The first-order valence-corrected chi connectivity index (χ1v) is 4.47. The van der Waals surface area contributed by atoms with Crippen molar-refractivity contribution in [2.24, 2.45) is 0 Å². The number of hydrogen-bond donors (Lipinski definition) is 1. The van der Waals surface area contributed by atoms with E-state index in [-0.39, 0.29) is 22.3 Å². The first kappa shape index (κ1) is 8.23. The van der Waals surface area contributed by atoms with Gasteiger partial charge in [0.2, 0.25) is 6.10 Å². The van der Waals surface area contributed by atoms with Gasteiger partial charge in [-0.3, -0.25) is 0 Å². The molecule has 0 aliphatic rings. The minimum absolute atomic E-state index is 0.0109. The van der Waals surface area contributed by atoms with Gasteiger partial charge in [0, 0.05) is 4.47 Å². The SMILES string of the molecule is [2H]c1cc(O[C@@H](CF)C(=O)O)cc([2H])c1Br. The molecule has 0 bridgehead atoms. The van der Waals surface area contributed by atoms with Gasteiger partial charge in [-0.15, -0.1) is 0 Å². The maximum absolute atomic E-state index is 12.3. The highest BCUT2D eigenvalue weighted by Crippen LogP contribution is 2.17. The van der Waals surface area contributed by atoms with Crippen molar-refractivity contribution < 1.29 is 21.8 Å². The second-order valence-corrected chi connectivity index (χ2v) is 3.19. The Balaban J connectivity index is 2.93. The smallest absolute Gasteiger partial charge is 0.347 e. The molecule has 1 aromatic rings. The number of halogens is 2. The van der Waals surface area contributed by atoms with Gasteiger partial charge in [-0.05, 0) is 24.2 Å². The maximum Gasteiger partial charge on any atom is 0.347 e. The van der Waals surface area contributed by atoms with Crippen LogP contribution in [0, 0.1) is 0 Å². The predicted octanol–water partition coefficient (Wildman–Crippen LogP) is 2.25. The molecule has 0 spiro atoms. The van der Waals surface area contributed by atoms with Gasteiger partial charge in [-0.1, -0.05) is 15.9 Å². The summed E-state index contributed by atoms with van der Waals surface area (Å²) in [5, 5.41) is 8.56. The molecule has 1 atom stereocenters. The molecule has 0 aliphatic carbocycles. The van der Waals surface area contributed by atoms with Crippen LogP contribution in [0.4, 0.5) is 4.39 Å². The van der Waals surface area contributed by atoms with Gasteiger partial charge >= 0.3 is 5.97 Å². The van der Waals surface area contributed by atoms with Crippen molar-refractivity contribution in [3.8, 4) is 5.75 Å². The van der Waals surface area contributed by atoms with Crippen molar-refractivity contribution in [3.05, 3.63) is 28.7 Å². The minimum Gasteiger partial charge on any atom is -0.478 e. The van der Waals surface area contributed by atoms with Crippen molar-refractivity contribution in [3.63, 3.8) is 0 Å². The lowest BCUT2D eigenvalue weighted by molar-refractivity contribution is -0.145. The molecule has 76 valence electrons. The highest BCUT2D eigenvalue weighted by molar-refractivity contribution is 9.10. The topological polar surface area (TPSA) is 46.5 Å². The minimum atomic E-state index is -1.61. The van der Waals surface area contributed by atoms with Gasteiger partial charge in [-0.2, -0.15) is 0 Å². The van der Waals surface area contributed by atoms with Gasteiger partial charge in [0.25, 0.3) is 0 Å². The van der Waals surface area contributed by atoms with E-state index in [4.69, 9.17) is 12.6 Å². The lowest BCUT2D eigenvalue weighted by Gasteiger charge is -2.11. The van der Waals surface area contributed by atoms with Crippen molar-refractivity contribution in [2.75, 3.05) is 6.67 Å². The van der Waals surface area contributed by atoms with E-state index in [1.807, 2.05) is 0 Å². The third kappa shape index (κ3) is 2.99. The molecule has 0 fully saturated rings. The number of ether oxygens (including phenoxy) is 1. The second kappa shape index (κ2) is 4.95. The summed E-state index contributed by atoms with van der Waals surface area (Å²) in [6.07, 6.45) is -1.61. The van der Waals surface area contributed by atoms with E-state index in [1.54, 1.807) is 0 Å². The fourth-order valence-corrected chi connectivity index (χ4v) is 0.961. The Morgan fingerprint density at radius 2 is 2.29 bits per heavy atom. The molecule has 0 radical (unpaired) electrons. The monoisotopic (exact) mass is 264 g/mol. The summed E-state index contributed by atoms with van der Waals surface area (Å²) in [6, 6.07) is 2.39. The van der Waals surface area contributed by atoms with E-state index >= 15 is 0 Å². The number of aliphatic carboxylic acids is 1. The average Bonchev–Trinajstić information content (AvgIpc) is 2.21. The first-order chi connectivity index (χ1) is 7.45. The summed E-state index contributed by atoms with van der Waals surface area (Å²) in [7, 11) is 0. The zero-order valence-corrected chi connectivity index (χ0v) is 8.54. The summed E-state index contributed by atoms with van der Waals surface area (Å²) in [6.45, 7) is -1.17. The highest BCUT2D eigenvalue weighted by atomic mass is 79.9. The molecule has 5 heteroatoms. The summed E-state index contributed by atoms with van der Waals surface area (Å²) in [5.41, 5.74) is 0. The number of benzene rings is 1. The van der Waals surface area contributed by atoms with E-state index in [1.165, 1.54) is 12.1 Å². The number of rotatable bonds is 4. The van der Waals surface area contributed by atoms with Crippen LogP contribution in [-0.4, -0.2) is 23.9 Å². The van der Waals surface area contributed by atoms with E-state index in [9.17, 15) is 9.18 Å². The van der Waals surface area contributed by atoms with Crippen LogP contribution in [0.25, 0.3) is 0 Å². The second-order valence-electron chi connectivity index (χ2n) is 2.39. The van der Waals surface area contributed by atoms with Crippen LogP contribution in [0.2, 0.25) is 0 Å². The van der Waals surface area contributed by atoms with Crippen LogP contribution in [-0.2, 0) is 4.79 Å². The summed E-state index contributed by atoms with van der Waals surface area (Å²) in [4.78, 5) is 10.5. The molecule has 1 N–H and O–H groups in total. The van der Waals surface area contributed by atoms with Crippen LogP contribution >= 0.6 is 15.9 Å². The van der Waals surface area contributed by atoms with Gasteiger partial charge in [0.15, 0.2) is 0 Å². The van der Waals surface area contributed by atoms with Crippen molar-refractivity contribution in [2.45, 2.75) is 6.10 Å². The number of carboxylic acid groups (broad SMARTS) is 1. The molecule has 1 aromatic carbocycles. The summed E-state index contributed by atoms with van der Waals surface area (Å²) < 4.78 is 32.2. The lowest BCUT2D eigenvalue weighted by Crippen LogP contribution is -2.28. The van der Waals surface area contributed by atoms with Crippen LogP contribution in [0.3, 0.4) is 0 Å². The van der Waals surface area contributed by atoms with E-state index in [0.29, 0.717) is 0 Å². The van der Waals surface area contributed by atoms with Gasteiger partial charge in [0.05, 0.1) is 2.74 Å². The molecule has 0 aliphatic heterocycles. The Hall–Kier alpha value is -1.10. The number of carbonyl (C=O) groups is 1. The Morgan fingerprint density at radius 3 is 2.71 bits per heavy atom. The average molecular weight is 265 g/mol. The van der Waals surface area contributed by atoms with Crippen molar-refractivity contribution in [1.82, 2.24) is 0 Å². The molecular weight excluding hydrogens is 255 g/mol. The van der Waals surface area contributed by atoms with E-state index in [2.05, 4.69) is 15.9 Å². The molecule has 0 heterocycles. The molecule has 0 saturated heterocycles. The molecule has 0 aromatic heterocycles. The van der Waals surface area contributed by atoms with Gasteiger partial charge in [-0.25, -0.2) is 9.18 Å². The first-order valence-electron chi connectivity index (χ1n) is 4.68. The Bertz CT molecular complexity index is 391. The zero-order valence-electron chi connectivity index (χ0n) is 8.96. The van der Waals surface area contributed by atoms with E-state index < -0.39 is 18.7 Å². The predicted molar refractivity (Wildman–Crippen MR) is 52.2 cm³/mol. The molecule has 14 heavy (non-hydrogen) atoms. The molecule has 0 unspecified atom stereocenters. The van der Waals surface area contributed by atoms with Crippen LogP contribution in [0.1, 0.15) is 2.74 Å². The number of alkyl halides is 1. The Kier molecular flexibility index (Phi) is 2.91. The molecule has 1 rings (SSSR count). The summed E-state index contributed by atoms with van der Waals surface area (Å²) >= 11 is 3.00. The van der Waals surface area contributed by atoms with Crippen LogP contribution < -0.4 is 4.74 Å². The van der Waals surface area contributed by atoms with Gasteiger partial charge in [0.1, 0.15) is 12.4 Å². The largest absolute Gasteiger partial charge is 0.478 e. The third-order valence-corrected chi connectivity index (χ3v) is 1.83. The zero-order chi connectivity index (χ0) is 12.3. The Labute approximate surface area is 91.4 Å². The van der Waals surface area contributed by atoms with Crippen LogP contribution in [0.15, 0.2) is 28.7 Å². The Morgan fingerprint density at radius 1 is 1.71 bits per heavy atom. The van der Waals surface area contributed by atoms with E-state index in [0.717, 1.165) is 0 Å². The maximum atomic E-state index is 12.3. The fraction of sp³-hybridized carbons (Fsp3) is 0.222.